The highest BCUT2D eigenvalue weighted by Gasteiger charge is 2.44. The van der Waals surface area contributed by atoms with Gasteiger partial charge in [-0.25, -0.2) is 4.79 Å². The largest absolute Gasteiger partial charge is 0.449 e. The van der Waals surface area contributed by atoms with E-state index in [-0.39, 0.29) is 34.6 Å². The van der Waals surface area contributed by atoms with E-state index in [9.17, 15) is 14.4 Å². The summed E-state index contributed by atoms with van der Waals surface area (Å²) in [6.45, 7) is 28.6. The van der Waals surface area contributed by atoms with Crippen LogP contribution in [0.2, 0.25) is 0 Å². The lowest BCUT2D eigenvalue weighted by atomic mass is 9.75. The van der Waals surface area contributed by atoms with E-state index in [0.717, 1.165) is 44.9 Å². The van der Waals surface area contributed by atoms with E-state index in [0.29, 0.717) is 6.61 Å². The zero-order chi connectivity index (χ0) is 31.8. The van der Waals surface area contributed by atoms with E-state index in [1.165, 1.54) is 4.90 Å². The van der Waals surface area contributed by atoms with Crippen molar-refractivity contribution >= 4 is 17.7 Å². The lowest BCUT2D eigenvalue weighted by Gasteiger charge is -2.41. The lowest BCUT2D eigenvalue weighted by Crippen LogP contribution is -2.64. The van der Waals surface area contributed by atoms with Crippen molar-refractivity contribution in [3.05, 3.63) is 0 Å². The van der Waals surface area contributed by atoms with Crippen LogP contribution in [0.4, 0.5) is 4.79 Å². The average molecular weight is 568 g/mol. The normalized spacial score (nSPS) is 16.2. The second-order valence-electron chi connectivity index (χ2n) is 16.4. The maximum absolute atomic E-state index is 13.3. The van der Waals surface area contributed by atoms with E-state index in [1.54, 1.807) is 7.05 Å². The summed E-state index contributed by atoms with van der Waals surface area (Å²) < 4.78 is 5.52. The first-order valence-corrected chi connectivity index (χ1v) is 15.3. The first-order valence-electron chi connectivity index (χ1n) is 15.3. The topological polar surface area (TPSA) is 87.7 Å². The van der Waals surface area contributed by atoms with Crippen LogP contribution in [0.15, 0.2) is 0 Å². The zero-order valence-corrected chi connectivity index (χ0v) is 28.9. The van der Waals surface area contributed by atoms with E-state index in [2.05, 4.69) is 38.3 Å². The van der Waals surface area contributed by atoms with Crippen LogP contribution >= 0.6 is 0 Å². The summed E-state index contributed by atoms with van der Waals surface area (Å²) in [4.78, 5) is 40.6. The van der Waals surface area contributed by atoms with Gasteiger partial charge in [0.15, 0.2) is 11.6 Å². The number of ketones is 2. The molecule has 0 saturated heterocycles. The second kappa shape index (κ2) is 14.6. The van der Waals surface area contributed by atoms with Crippen LogP contribution in [0, 0.1) is 10.8 Å². The molecule has 0 bridgehead atoms. The standard InChI is InChI=1S/C33H65N3O4/c1-28(2,3)25(37)32(13,34-30(7,8)9)22-20-18-16-17-19-21-23-40-27(39)36(15)24-33(14,35-31(10,11)12)26(38)29(4,5)6/h34-35H,16-24H2,1-15H3/t32-,33+/m0/s1. The molecule has 0 fully saturated rings. The fourth-order valence-corrected chi connectivity index (χ4v) is 5.81. The van der Waals surface area contributed by atoms with Crippen LogP contribution in [-0.2, 0) is 14.3 Å². The summed E-state index contributed by atoms with van der Waals surface area (Å²) in [5.74, 6) is 0.325. The van der Waals surface area contributed by atoms with Gasteiger partial charge in [-0.2, -0.15) is 0 Å². The van der Waals surface area contributed by atoms with Gasteiger partial charge in [-0.05, 0) is 68.2 Å². The predicted molar refractivity (Wildman–Crippen MR) is 168 cm³/mol. The smallest absolute Gasteiger partial charge is 0.409 e. The van der Waals surface area contributed by atoms with Gasteiger partial charge in [0, 0.05) is 35.5 Å². The molecule has 40 heavy (non-hydrogen) atoms. The molecule has 236 valence electrons. The molecule has 0 aliphatic rings. The number of carbonyl (C=O) groups excluding carboxylic acids is 3. The highest BCUT2D eigenvalue weighted by Crippen LogP contribution is 2.29. The molecule has 0 spiro atoms. The quantitative estimate of drug-likeness (QED) is 0.202. The van der Waals surface area contributed by atoms with Gasteiger partial charge < -0.3 is 15.0 Å². The van der Waals surface area contributed by atoms with Gasteiger partial charge in [-0.15, -0.1) is 0 Å². The Labute approximate surface area is 247 Å². The first-order chi connectivity index (χ1) is 17.7. The minimum absolute atomic E-state index is 0.0619. The maximum Gasteiger partial charge on any atom is 0.409 e. The molecule has 7 nitrogen and oxygen atoms in total. The zero-order valence-electron chi connectivity index (χ0n) is 28.9. The summed E-state index contributed by atoms with van der Waals surface area (Å²) in [6.07, 6.45) is 6.44. The van der Waals surface area contributed by atoms with Gasteiger partial charge >= 0.3 is 6.09 Å². The Morgan fingerprint density at radius 3 is 1.38 bits per heavy atom. The van der Waals surface area contributed by atoms with Crippen LogP contribution in [-0.4, -0.2) is 64.9 Å². The number of hydrogen-bond acceptors (Lipinski definition) is 6. The Bertz CT molecular complexity index is 827. The van der Waals surface area contributed by atoms with Crippen molar-refractivity contribution in [2.24, 2.45) is 10.8 Å². The number of carbonyl (C=O) groups is 3. The van der Waals surface area contributed by atoms with E-state index < -0.39 is 22.6 Å². The molecule has 2 N–H and O–H groups in total. The number of amides is 1. The van der Waals surface area contributed by atoms with Crippen molar-refractivity contribution in [2.45, 2.75) is 164 Å². The molecule has 0 rings (SSSR count). The van der Waals surface area contributed by atoms with Crippen LogP contribution in [0.25, 0.3) is 0 Å². The molecule has 0 aromatic heterocycles. The third kappa shape index (κ3) is 14.4. The molecule has 0 aliphatic carbocycles. The Kier molecular flexibility index (Phi) is 14.1. The van der Waals surface area contributed by atoms with E-state index in [1.807, 2.05) is 69.2 Å². The molecule has 7 heteroatoms. The van der Waals surface area contributed by atoms with Gasteiger partial charge in [0.25, 0.3) is 0 Å². The maximum atomic E-state index is 13.3. The molecule has 0 aromatic rings. The van der Waals surface area contributed by atoms with Crippen molar-refractivity contribution in [1.29, 1.82) is 0 Å². The lowest BCUT2D eigenvalue weighted by molar-refractivity contribution is -0.134. The summed E-state index contributed by atoms with van der Waals surface area (Å²) in [6, 6.07) is 0. The Morgan fingerprint density at radius 1 is 0.575 bits per heavy atom. The van der Waals surface area contributed by atoms with Crippen LogP contribution in [0.1, 0.15) is 142 Å². The monoisotopic (exact) mass is 567 g/mol. The first kappa shape index (κ1) is 38.5. The van der Waals surface area contributed by atoms with Crippen LogP contribution in [0.3, 0.4) is 0 Å². The minimum atomic E-state index is -0.889. The van der Waals surface area contributed by atoms with Crippen molar-refractivity contribution < 1.29 is 19.1 Å². The fraction of sp³-hybridized carbons (Fsp3) is 0.909. The van der Waals surface area contributed by atoms with Crippen molar-refractivity contribution in [3.8, 4) is 0 Å². The summed E-state index contributed by atoms with van der Waals surface area (Å²) >= 11 is 0. The summed E-state index contributed by atoms with van der Waals surface area (Å²) in [5, 5.41) is 7.03. The van der Waals surface area contributed by atoms with E-state index in [4.69, 9.17) is 4.74 Å². The summed E-state index contributed by atoms with van der Waals surface area (Å²) in [7, 11) is 1.69. The number of nitrogens with zero attached hydrogens (tertiary/aromatic N) is 1. The third-order valence-electron chi connectivity index (χ3n) is 6.83. The van der Waals surface area contributed by atoms with Crippen molar-refractivity contribution in [1.82, 2.24) is 15.5 Å². The van der Waals surface area contributed by atoms with Gasteiger partial charge in [-0.1, -0.05) is 73.6 Å². The predicted octanol–water partition coefficient (Wildman–Crippen LogP) is 7.31. The number of rotatable bonds is 15. The Hall–Kier alpha value is -1.47. The molecular weight excluding hydrogens is 502 g/mol. The van der Waals surface area contributed by atoms with Gasteiger partial charge in [-0.3, -0.25) is 14.9 Å². The number of nitrogens with one attached hydrogen (secondary N) is 2. The van der Waals surface area contributed by atoms with Crippen LogP contribution in [0.5, 0.6) is 0 Å². The van der Waals surface area contributed by atoms with E-state index >= 15 is 0 Å². The Balaban J connectivity index is 4.62. The molecule has 0 saturated carbocycles. The van der Waals surface area contributed by atoms with Gasteiger partial charge in [0.05, 0.1) is 17.7 Å². The fourth-order valence-electron chi connectivity index (χ4n) is 5.81. The van der Waals surface area contributed by atoms with Gasteiger partial charge in [0.1, 0.15) is 0 Å². The minimum Gasteiger partial charge on any atom is -0.449 e. The Morgan fingerprint density at radius 2 is 0.950 bits per heavy atom. The average Bonchev–Trinajstić information content (AvgIpc) is 2.72. The second-order valence-corrected chi connectivity index (χ2v) is 16.4. The molecule has 0 radical (unpaired) electrons. The molecule has 0 aromatic carbocycles. The molecule has 2 atom stereocenters. The molecule has 0 aliphatic heterocycles. The molecule has 1 amide bonds. The van der Waals surface area contributed by atoms with Crippen molar-refractivity contribution in [3.63, 3.8) is 0 Å². The van der Waals surface area contributed by atoms with Crippen molar-refractivity contribution in [2.75, 3.05) is 20.2 Å². The molecule has 0 unspecified atom stereocenters. The number of ether oxygens (including phenoxy) is 1. The van der Waals surface area contributed by atoms with Crippen LogP contribution < -0.4 is 10.6 Å². The SMILES string of the molecule is CN(C[C@@](C)(NC(C)(C)C)C(=O)C(C)(C)C)C(=O)OCCCCCCCC[C@](C)(NC(C)(C)C)C(=O)C(C)(C)C. The number of Topliss-reactive ketones (excluding diaryl/α,β-unsaturated/α-hetero) is 2. The highest BCUT2D eigenvalue weighted by molar-refractivity contribution is 5.93. The highest BCUT2D eigenvalue weighted by atomic mass is 16.6. The van der Waals surface area contributed by atoms with Gasteiger partial charge in [0.2, 0.25) is 0 Å². The number of hydrogen-bond donors (Lipinski definition) is 2. The number of unbranched alkanes of at least 4 members (excludes halogenated alkanes) is 5. The summed E-state index contributed by atoms with van der Waals surface area (Å²) in [5.41, 5.74) is -2.77. The molecular formula is C33H65N3O4. The third-order valence-corrected chi connectivity index (χ3v) is 6.83. The number of likely N-dealkylation sites (N-methyl/N-ethyl adjacent to an activating group) is 1. The molecule has 0 heterocycles.